The molecule has 1 heterocycles. The molecule has 0 saturated carbocycles. The molecule has 0 spiro atoms. The lowest BCUT2D eigenvalue weighted by Gasteiger charge is -2.12. The number of carbonyl (C=O) groups excluding carboxylic acids is 1. The van der Waals surface area contributed by atoms with E-state index in [9.17, 15) is 18.0 Å². The maximum absolute atomic E-state index is 13.2. The maximum atomic E-state index is 13.2. The number of aromatic nitrogens is 2. The number of amides is 1. The smallest absolute Gasteiger partial charge is 0.387 e. The van der Waals surface area contributed by atoms with Gasteiger partial charge in [-0.25, -0.2) is 9.07 Å². The maximum Gasteiger partial charge on any atom is 0.387 e. The molecule has 3 rings (SSSR count). The fraction of sp³-hybridized carbons (Fsp3) is 0.200. The zero-order chi connectivity index (χ0) is 21.1. The van der Waals surface area contributed by atoms with Crippen LogP contribution in [0.2, 0.25) is 0 Å². The van der Waals surface area contributed by atoms with Crippen LogP contribution in [0.4, 0.5) is 13.2 Å². The van der Waals surface area contributed by atoms with Crippen molar-refractivity contribution in [3.8, 4) is 11.4 Å². The van der Waals surface area contributed by atoms with Crippen LogP contribution in [-0.2, 0) is 6.54 Å². The molecule has 0 fully saturated rings. The van der Waals surface area contributed by atoms with E-state index < -0.39 is 12.5 Å². The standard InChI is InChI=1S/C20H17BrF3N3O2/c1-11-18(12(2)27(26-11)16-6-4-15(22)5-7-16)19(28)25-10-13-9-14(21)3-8-17(13)29-20(23)24/h3-9,20H,10H2,1-2H3,(H,25,28). The van der Waals surface area contributed by atoms with Crippen molar-refractivity contribution < 1.29 is 22.7 Å². The number of aryl methyl sites for hydroxylation is 1. The molecule has 1 N–H and O–H groups in total. The van der Waals surface area contributed by atoms with Crippen LogP contribution in [0.15, 0.2) is 46.9 Å². The summed E-state index contributed by atoms with van der Waals surface area (Å²) in [5.41, 5.74) is 2.44. The minimum absolute atomic E-state index is 0.0130. The molecule has 0 aliphatic carbocycles. The molecular weight excluding hydrogens is 451 g/mol. The monoisotopic (exact) mass is 467 g/mol. The van der Waals surface area contributed by atoms with Crippen molar-refractivity contribution in [3.05, 3.63) is 75.3 Å². The van der Waals surface area contributed by atoms with Crippen LogP contribution in [0, 0.1) is 19.7 Å². The molecule has 5 nitrogen and oxygen atoms in total. The quantitative estimate of drug-likeness (QED) is 0.559. The predicted molar refractivity (Wildman–Crippen MR) is 105 cm³/mol. The highest BCUT2D eigenvalue weighted by Gasteiger charge is 2.20. The van der Waals surface area contributed by atoms with Gasteiger partial charge in [0.2, 0.25) is 0 Å². The Morgan fingerprint density at radius 1 is 1.21 bits per heavy atom. The van der Waals surface area contributed by atoms with Crippen LogP contribution in [0.25, 0.3) is 5.69 Å². The second-order valence-corrected chi connectivity index (χ2v) is 7.16. The lowest BCUT2D eigenvalue weighted by molar-refractivity contribution is -0.0504. The summed E-state index contributed by atoms with van der Waals surface area (Å²) in [6.45, 7) is 0.430. The minimum Gasteiger partial charge on any atom is -0.434 e. The average Bonchev–Trinajstić information content (AvgIpc) is 2.96. The van der Waals surface area contributed by atoms with Crippen molar-refractivity contribution in [1.29, 1.82) is 0 Å². The highest BCUT2D eigenvalue weighted by molar-refractivity contribution is 9.10. The molecule has 0 saturated heterocycles. The van der Waals surface area contributed by atoms with Gasteiger partial charge in [-0.05, 0) is 56.3 Å². The van der Waals surface area contributed by atoms with Crippen LogP contribution < -0.4 is 10.1 Å². The molecule has 0 atom stereocenters. The van der Waals surface area contributed by atoms with Crippen molar-refractivity contribution >= 4 is 21.8 Å². The summed E-state index contributed by atoms with van der Waals surface area (Å²) in [4.78, 5) is 12.8. The largest absolute Gasteiger partial charge is 0.434 e. The minimum atomic E-state index is -2.97. The number of halogens is 4. The summed E-state index contributed by atoms with van der Waals surface area (Å²) in [5, 5.41) is 7.07. The van der Waals surface area contributed by atoms with E-state index in [0.29, 0.717) is 32.7 Å². The summed E-state index contributed by atoms with van der Waals surface area (Å²) in [5.74, 6) is -0.792. The second-order valence-electron chi connectivity index (χ2n) is 6.25. The van der Waals surface area contributed by atoms with E-state index in [1.165, 1.54) is 18.2 Å². The van der Waals surface area contributed by atoms with Gasteiger partial charge < -0.3 is 10.1 Å². The van der Waals surface area contributed by atoms with Crippen LogP contribution >= 0.6 is 15.9 Å². The SMILES string of the molecule is Cc1nn(-c2ccc(F)cc2)c(C)c1C(=O)NCc1cc(Br)ccc1OC(F)F. The van der Waals surface area contributed by atoms with Gasteiger partial charge in [0.05, 0.1) is 22.6 Å². The van der Waals surface area contributed by atoms with Gasteiger partial charge in [-0.2, -0.15) is 13.9 Å². The van der Waals surface area contributed by atoms with E-state index in [0.717, 1.165) is 0 Å². The number of ether oxygens (including phenoxy) is 1. The molecule has 2 aromatic carbocycles. The Balaban J connectivity index is 1.82. The molecule has 0 bridgehead atoms. The topological polar surface area (TPSA) is 56.2 Å². The van der Waals surface area contributed by atoms with Crippen LogP contribution in [-0.4, -0.2) is 22.3 Å². The normalized spacial score (nSPS) is 11.0. The molecule has 0 unspecified atom stereocenters. The highest BCUT2D eigenvalue weighted by Crippen LogP contribution is 2.25. The molecule has 9 heteroatoms. The van der Waals surface area contributed by atoms with Crippen molar-refractivity contribution in [2.75, 3.05) is 0 Å². The fourth-order valence-corrected chi connectivity index (χ4v) is 3.37. The third-order valence-corrected chi connectivity index (χ3v) is 4.76. The van der Waals surface area contributed by atoms with Gasteiger partial charge in [-0.1, -0.05) is 15.9 Å². The Kier molecular flexibility index (Phi) is 6.26. The van der Waals surface area contributed by atoms with Gasteiger partial charge in [0.1, 0.15) is 11.6 Å². The lowest BCUT2D eigenvalue weighted by Crippen LogP contribution is -2.24. The first kappa shape index (κ1) is 20.9. The molecule has 152 valence electrons. The summed E-state index contributed by atoms with van der Waals surface area (Å²) >= 11 is 3.28. The van der Waals surface area contributed by atoms with E-state index >= 15 is 0 Å². The number of nitrogens with zero attached hydrogens (tertiary/aromatic N) is 2. The van der Waals surface area contributed by atoms with Gasteiger partial charge >= 0.3 is 6.61 Å². The lowest BCUT2D eigenvalue weighted by atomic mass is 10.1. The number of nitrogens with one attached hydrogen (secondary N) is 1. The second kappa shape index (κ2) is 8.69. The van der Waals surface area contributed by atoms with Gasteiger partial charge in [0.25, 0.3) is 5.91 Å². The van der Waals surface area contributed by atoms with E-state index in [4.69, 9.17) is 0 Å². The van der Waals surface area contributed by atoms with Crippen molar-refractivity contribution in [1.82, 2.24) is 15.1 Å². The van der Waals surface area contributed by atoms with E-state index in [1.54, 1.807) is 42.8 Å². The molecule has 0 radical (unpaired) electrons. The Hall–Kier alpha value is -2.81. The van der Waals surface area contributed by atoms with Gasteiger partial charge in [-0.15, -0.1) is 0 Å². The highest BCUT2D eigenvalue weighted by atomic mass is 79.9. The van der Waals surface area contributed by atoms with E-state index in [-0.39, 0.29) is 18.1 Å². The third-order valence-electron chi connectivity index (χ3n) is 4.27. The molecule has 0 aliphatic heterocycles. The van der Waals surface area contributed by atoms with Crippen LogP contribution in [0.3, 0.4) is 0 Å². The first-order valence-corrected chi connectivity index (χ1v) is 9.39. The molecule has 1 aromatic heterocycles. The zero-order valence-corrected chi connectivity index (χ0v) is 17.1. The van der Waals surface area contributed by atoms with Gasteiger partial charge in [0.15, 0.2) is 0 Å². The number of hydrogen-bond donors (Lipinski definition) is 1. The molecule has 0 aliphatic rings. The fourth-order valence-electron chi connectivity index (χ4n) is 2.97. The number of alkyl halides is 2. The third kappa shape index (κ3) is 4.79. The molecule has 29 heavy (non-hydrogen) atoms. The zero-order valence-electron chi connectivity index (χ0n) is 15.5. The first-order valence-electron chi connectivity index (χ1n) is 8.60. The molecule has 3 aromatic rings. The van der Waals surface area contributed by atoms with Crippen molar-refractivity contribution in [2.45, 2.75) is 27.0 Å². The number of rotatable bonds is 6. The summed E-state index contributed by atoms with van der Waals surface area (Å²) in [7, 11) is 0. The average molecular weight is 468 g/mol. The summed E-state index contributed by atoms with van der Waals surface area (Å²) < 4.78 is 45.1. The van der Waals surface area contributed by atoms with Gasteiger partial charge in [0, 0.05) is 16.6 Å². The number of carbonyl (C=O) groups is 1. The summed E-state index contributed by atoms with van der Waals surface area (Å²) in [6.07, 6.45) is 0. The van der Waals surface area contributed by atoms with Gasteiger partial charge in [-0.3, -0.25) is 4.79 Å². The Morgan fingerprint density at radius 3 is 2.55 bits per heavy atom. The van der Waals surface area contributed by atoms with E-state index in [1.807, 2.05) is 0 Å². The Morgan fingerprint density at radius 2 is 1.90 bits per heavy atom. The van der Waals surface area contributed by atoms with Crippen molar-refractivity contribution in [2.24, 2.45) is 0 Å². The Labute approximate surface area is 173 Å². The van der Waals surface area contributed by atoms with Crippen LogP contribution in [0.1, 0.15) is 27.3 Å². The number of hydrogen-bond acceptors (Lipinski definition) is 3. The summed E-state index contributed by atoms with van der Waals surface area (Å²) in [6, 6.07) is 10.3. The van der Waals surface area contributed by atoms with Crippen LogP contribution in [0.5, 0.6) is 5.75 Å². The number of benzene rings is 2. The van der Waals surface area contributed by atoms with E-state index in [2.05, 4.69) is 31.1 Å². The first-order chi connectivity index (χ1) is 13.8. The molecule has 1 amide bonds. The Bertz CT molecular complexity index is 1040. The predicted octanol–water partition coefficient (Wildman–Crippen LogP) is 4.92. The van der Waals surface area contributed by atoms with Crippen molar-refractivity contribution in [3.63, 3.8) is 0 Å². The molecular formula is C20H17BrF3N3O2.